The van der Waals surface area contributed by atoms with Gasteiger partial charge in [-0.2, -0.15) is 0 Å². The van der Waals surface area contributed by atoms with Crippen LogP contribution in [0.5, 0.6) is 11.5 Å². The maximum Gasteiger partial charge on any atom is 0.262 e. The van der Waals surface area contributed by atoms with E-state index in [1.807, 2.05) is 42.5 Å². The van der Waals surface area contributed by atoms with Crippen molar-refractivity contribution in [3.8, 4) is 11.5 Å². The number of aliphatic hydroxyl groups is 2. The van der Waals surface area contributed by atoms with Crippen molar-refractivity contribution in [3.63, 3.8) is 0 Å². The zero-order valence-electron chi connectivity index (χ0n) is 28.8. The molecule has 3 aliphatic rings. The summed E-state index contributed by atoms with van der Waals surface area (Å²) in [4.78, 5) is 49.6. The quantitative estimate of drug-likeness (QED) is 0.153. The fraction of sp³-hybridized carbons (Fsp3) is 0.359. The molecule has 7 rings (SSSR count). The molecule has 4 atom stereocenters. The molecule has 3 N–H and O–H groups in total. The van der Waals surface area contributed by atoms with E-state index in [9.17, 15) is 24.6 Å². The van der Waals surface area contributed by atoms with Crippen molar-refractivity contribution in [2.24, 2.45) is 0 Å². The predicted molar refractivity (Wildman–Crippen MR) is 188 cm³/mol. The number of piperidine rings is 1. The summed E-state index contributed by atoms with van der Waals surface area (Å²) in [5.74, 6) is 0.597. The van der Waals surface area contributed by atoms with Crippen molar-refractivity contribution in [1.29, 1.82) is 0 Å². The van der Waals surface area contributed by atoms with Crippen LogP contribution in [0.2, 0.25) is 0 Å². The van der Waals surface area contributed by atoms with Crippen LogP contribution in [0.3, 0.4) is 0 Å². The molecule has 4 aromatic rings. The van der Waals surface area contributed by atoms with E-state index in [4.69, 9.17) is 9.47 Å². The van der Waals surface area contributed by atoms with Crippen LogP contribution in [0.15, 0.2) is 79.0 Å². The van der Waals surface area contributed by atoms with Crippen LogP contribution in [0.4, 0.5) is 5.69 Å². The summed E-state index contributed by atoms with van der Waals surface area (Å²) >= 11 is 0. The molecule has 0 radical (unpaired) electrons. The zero-order valence-corrected chi connectivity index (χ0v) is 28.8. The monoisotopic (exact) mass is 691 g/mol. The summed E-state index contributed by atoms with van der Waals surface area (Å²) in [7, 11) is 0. The molecule has 51 heavy (non-hydrogen) atoms. The van der Waals surface area contributed by atoms with Crippen LogP contribution in [-0.4, -0.2) is 80.4 Å². The van der Waals surface area contributed by atoms with Gasteiger partial charge in [0.1, 0.15) is 37.2 Å². The van der Waals surface area contributed by atoms with Crippen molar-refractivity contribution >= 4 is 23.3 Å². The third-order valence-corrected chi connectivity index (χ3v) is 10.2. The number of aromatic nitrogens is 2. The number of anilines is 1. The number of nitrogens with zero attached hydrogens (tertiary/aromatic N) is 4. The van der Waals surface area contributed by atoms with Crippen molar-refractivity contribution in [1.82, 2.24) is 20.2 Å². The second-order valence-electron chi connectivity index (χ2n) is 13.8. The van der Waals surface area contributed by atoms with E-state index in [0.717, 1.165) is 40.4 Å². The Balaban J connectivity index is 0.941. The minimum Gasteiger partial charge on any atom is -0.491 e. The van der Waals surface area contributed by atoms with Crippen LogP contribution in [0, 0.1) is 0 Å². The molecular weight excluding hydrogens is 650 g/mol. The van der Waals surface area contributed by atoms with E-state index in [1.54, 1.807) is 24.4 Å². The molecule has 3 aliphatic heterocycles. The number of nitrogens with one attached hydrogen (secondary N) is 1. The Morgan fingerprint density at radius 3 is 2.18 bits per heavy atom. The van der Waals surface area contributed by atoms with E-state index in [1.165, 1.54) is 6.92 Å². The third-order valence-electron chi connectivity index (χ3n) is 10.2. The van der Waals surface area contributed by atoms with Gasteiger partial charge in [-0.15, -0.1) is 0 Å². The number of rotatable bonds is 11. The number of benzene rings is 3. The van der Waals surface area contributed by atoms with Gasteiger partial charge in [0.2, 0.25) is 0 Å². The van der Waals surface area contributed by atoms with Crippen LogP contribution >= 0.6 is 0 Å². The first-order valence-electron chi connectivity index (χ1n) is 17.2. The first kappa shape index (κ1) is 34.3. The van der Waals surface area contributed by atoms with Gasteiger partial charge in [-0.25, -0.2) is 9.97 Å². The molecule has 1 aromatic heterocycles. The summed E-state index contributed by atoms with van der Waals surface area (Å²) in [5.41, 5.74) is 4.11. The molecule has 2 amide bonds. The Morgan fingerprint density at radius 1 is 0.882 bits per heavy atom. The second kappa shape index (κ2) is 13.9. The highest BCUT2D eigenvalue weighted by Gasteiger charge is 2.45. The van der Waals surface area contributed by atoms with Gasteiger partial charge < -0.3 is 24.6 Å². The Morgan fingerprint density at radius 2 is 1.55 bits per heavy atom. The van der Waals surface area contributed by atoms with Gasteiger partial charge in [-0.1, -0.05) is 38.1 Å². The number of carbonyl (C=O) groups is 3. The molecule has 3 aromatic carbocycles. The van der Waals surface area contributed by atoms with Crippen molar-refractivity contribution in [2.75, 3.05) is 18.1 Å². The third kappa shape index (κ3) is 6.82. The van der Waals surface area contributed by atoms with Gasteiger partial charge in [-0.05, 0) is 78.9 Å². The maximum atomic E-state index is 13.4. The molecule has 12 nitrogen and oxygen atoms in total. The van der Waals surface area contributed by atoms with Gasteiger partial charge in [0.25, 0.3) is 11.8 Å². The highest BCUT2D eigenvalue weighted by atomic mass is 16.5. The number of aliphatic hydroxyl groups excluding tert-OH is 2. The molecule has 2 saturated heterocycles. The summed E-state index contributed by atoms with van der Waals surface area (Å²) in [6.07, 6.45) is 1.08. The first-order chi connectivity index (χ1) is 24.5. The van der Waals surface area contributed by atoms with Crippen molar-refractivity contribution in [3.05, 3.63) is 113 Å². The van der Waals surface area contributed by atoms with E-state index in [-0.39, 0.29) is 29.7 Å². The predicted octanol–water partition coefficient (Wildman–Crippen LogP) is 4.23. The Labute approximate surface area is 296 Å². The molecule has 12 heteroatoms. The zero-order chi connectivity index (χ0) is 35.9. The van der Waals surface area contributed by atoms with Crippen LogP contribution in [0.1, 0.15) is 88.2 Å². The number of amides is 2. The summed E-state index contributed by atoms with van der Waals surface area (Å²) < 4.78 is 12.1. The van der Waals surface area contributed by atoms with E-state index >= 15 is 0 Å². The minimum absolute atomic E-state index is 0.111. The fourth-order valence-corrected chi connectivity index (χ4v) is 6.93. The summed E-state index contributed by atoms with van der Waals surface area (Å²) in [6, 6.07) is 22.5. The molecule has 2 fully saturated rings. The number of Topliss-reactive ketones (excluding diaryl/α,β-unsaturated/α-hetero) is 1. The standard InChI is InChI=1S/C39H41N5O7/c1-23(45)35-40-18-16-26(41-35)21-50-29-9-4-24(5-10-29)39(2,3)25-6-11-30(12-7-25)51-22-28-17-19-43(28)27-8-13-31-32(20-27)38(49)44(37(31)48)33-14-15-34(46)42-36(33)47/h4-13,16,18,20,28,33-34,36,42,46-47H,14-15,17,19,21-22H2,1-3H3/t28-,33?,34?,36?/m0/s1. The smallest absolute Gasteiger partial charge is 0.262 e. The normalized spacial score (nSPS) is 21.7. The lowest BCUT2D eigenvalue weighted by molar-refractivity contribution is -0.0413. The lowest BCUT2D eigenvalue weighted by Gasteiger charge is -2.42. The molecule has 3 unspecified atom stereocenters. The van der Waals surface area contributed by atoms with Gasteiger partial charge in [0.15, 0.2) is 11.6 Å². The van der Waals surface area contributed by atoms with Gasteiger partial charge in [0, 0.05) is 30.8 Å². The Hall–Kier alpha value is -5.17. The SMILES string of the molecule is CC(=O)c1nccc(COc2ccc(C(C)(C)c3ccc(OC[C@@H]4CCN4c4ccc5c(c4)C(=O)N(C4CCC(O)NC4O)C5=O)cc3)cc2)n1. The van der Waals surface area contributed by atoms with E-state index < -0.39 is 30.3 Å². The molecule has 0 bridgehead atoms. The molecular formula is C39H41N5O7. The van der Waals surface area contributed by atoms with Gasteiger partial charge in [-0.3, -0.25) is 24.6 Å². The van der Waals surface area contributed by atoms with E-state index in [2.05, 4.69) is 46.2 Å². The minimum atomic E-state index is -1.19. The Kier molecular flexibility index (Phi) is 9.32. The molecule has 0 aliphatic carbocycles. The number of carbonyl (C=O) groups excluding carboxylic acids is 3. The summed E-state index contributed by atoms with van der Waals surface area (Å²) in [5, 5.41) is 22.8. The number of hydrogen-bond acceptors (Lipinski definition) is 11. The average molecular weight is 692 g/mol. The highest BCUT2D eigenvalue weighted by Crippen LogP contribution is 2.36. The molecule has 4 heterocycles. The first-order valence-corrected chi connectivity index (χ1v) is 17.2. The van der Waals surface area contributed by atoms with Gasteiger partial charge >= 0.3 is 0 Å². The summed E-state index contributed by atoms with van der Waals surface area (Å²) in [6.45, 7) is 7.28. The number of fused-ring (bicyclic) bond motifs is 1. The van der Waals surface area contributed by atoms with Crippen molar-refractivity contribution < 1.29 is 34.1 Å². The number of imide groups is 1. The topological polar surface area (TPSA) is 154 Å². The number of ketones is 1. The lowest BCUT2D eigenvalue weighted by atomic mass is 9.78. The maximum absolute atomic E-state index is 13.4. The largest absolute Gasteiger partial charge is 0.491 e. The molecule has 0 saturated carbocycles. The van der Waals surface area contributed by atoms with Gasteiger partial charge in [0.05, 0.1) is 28.9 Å². The van der Waals surface area contributed by atoms with Crippen LogP contribution < -0.4 is 19.7 Å². The average Bonchev–Trinajstić information content (AvgIpc) is 3.35. The molecule has 0 spiro atoms. The lowest BCUT2D eigenvalue weighted by Crippen LogP contribution is -2.58. The van der Waals surface area contributed by atoms with E-state index in [0.29, 0.717) is 42.0 Å². The Bertz CT molecular complexity index is 1950. The van der Waals surface area contributed by atoms with Crippen LogP contribution in [-0.2, 0) is 12.0 Å². The highest BCUT2D eigenvalue weighted by molar-refractivity contribution is 6.22. The van der Waals surface area contributed by atoms with Crippen LogP contribution in [0.25, 0.3) is 0 Å². The number of hydrogen-bond donors (Lipinski definition) is 3. The number of ether oxygens (including phenoxy) is 2. The van der Waals surface area contributed by atoms with Crippen molar-refractivity contribution in [2.45, 2.75) is 76.6 Å². The second-order valence-corrected chi connectivity index (χ2v) is 13.8. The molecule has 264 valence electrons. The fourth-order valence-electron chi connectivity index (χ4n) is 6.93.